The third-order valence-corrected chi connectivity index (χ3v) is 8.09. The Bertz CT molecular complexity index is 1400. The second-order valence-corrected chi connectivity index (χ2v) is 11.0. The molecule has 194 valence electrons. The van der Waals surface area contributed by atoms with Gasteiger partial charge in [-0.1, -0.05) is 73.1 Å². The maximum atomic E-state index is 13.8. The summed E-state index contributed by atoms with van der Waals surface area (Å²) in [6, 6.07) is 23.7. The fourth-order valence-corrected chi connectivity index (χ4v) is 5.66. The lowest BCUT2D eigenvalue weighted by Gasteiger charge is -2.20. The van der Waals surface area contributed by atoms with Crippen molar-refractivity contribution in [2.75, 3.05) is 10.2 Å². The number of thioether (sulfide) groups is 1. The first-order valence-electron chi connectivity index (χ1n) is 13.0. The molecule has 0 bridgehead atoms. The van der Waals surface area contributed by atoms with Gasteiger partial charge in [0.1, 0.15) is 16.7 Å². The van der Waals surface area contributed by atoms with Crippen molar-refractivity contribution < 1.29 is 9.59 Å². The molecule has 4 rings (SSSR count). The second kappa shape index (κ2) is 12.1. The van der Waals surface area contributed by atoms with Gasteiger partial charge in [0.05, 0.1) is 5.25 Å². The van der Waals surface area contributed by atoms with Gasteiger partial charge in [-0.05, 0) is 86.6 Å². The van der Waals surface area contributed by atoms with E-state index in [0.717, 1.165) is 41.5 Å². The number of nitriles is 1. The summed E-state index contributed by atoms with van der Waals surface area (Å²) in [5, 5.41) is 12.8. The number of benzene rings is 3. The minimum absolute atomic E-state index is 0.0698. The predicted molar refractivity (Wildman–Crippen MR) is 156 cm³/mol. The molecule has 2 amide bonds. The highest BCUT2D eigenvalue weighted by atomic mass is 32.2. The molecule has 1 heterocycles. The molecule has 0 radical (unpaired) electrons. The molecule has 1 N–H and O–H groups in total. The molecule has 1 atom stereocenters. The maximum Gasteiger partial charge on any atom is 0.269 e. The quantitative estimate of drug-likeness (QED) is 0.254. The fraction of sp³-hybridized carbons (Fsp3) is 0.281. The lowest BCUT2D eigenvalue weighted by atomic mass is 10.0. The number of hydrogen-bond acceptors (Lipinski definition) is 4. The molecule has 1 saturated heterocycles. The number of carbonyl (C=O) groups is 2. The lowest BCUT2D eigenvalue weighted by Crippen LogP contribution is -2.31. The molecule has 0 saturated carbocycles. The molecule has 1 unspecified atom stereocenters. The van der Waals surface area contributed by atoms with Crippen LogP contribution in [0.1, 0.15) is 47.6 Å². The molecule has 0 spiro atoms. The largest absolute Gasteiger partial charge is 0.321 e. The van der Waals surface area contributed by atoms with Crippen LogP contribution in [0.25, 0.3) is 0 Å². The van der Waals surface area contributed by atoms with Gasteiger partial charge < -0.3 is 5.32 Å². The smallest absolute Gasteiger partial charge is 0.269 e. The first-order valence-corrected chi connectivity index (χ1v) is 13.9. The van der Waals surface area contributed by atoms with Crippen LogP contribution in [0.2, 0.25) is 0 Å². The van der Waals surface area contributed by atoms with E-state index in [1.807, 2.05) is 51.1 Å². The molecule has 1 aliphatic heterocycles. The normalized spacial score (nSPS) is 16.3. The van der Waals surface area contributed by atoms with Crippen LogP contribution in [0.4, 0.5) is 11.4 Å². The summed E-state index contributed by atoms with van der Waals surface area (Å²) in [7, 11) is 0. The Balaban J connectivity index is 1.68. The van der Waals surface area contributed by atoms with Gasteiger partial charge in [-0.2, -0.15) is 5.26 Å². The molecule has 3 aromatic carbocycles. The highest BCUT2D eigenvalue weighted by Crippen LogP contribution is 2.42. The number of anilines is 2. The fourth-order valence-electron chi connectivity index (χ4n) is 4.35. The number of nitrogens with zero attached hydrogens (tertiary/aromatic N) is 2. The highest BCUT2D eigenvalue weighted by molar-refractivity contribution is 8.05. The van der Waals surface area contributed by atoms with Crippen LogP contribution in [-0.4, -0.2) is 17.1 Å². The van der Waals surface area contributed by atoms with Crippen molar-refractivity contribution in [3.05, 3.63) is 105 Å². The van der Waals surface area contributed by atoms with E-state index in [4.69, 9.17) is 0 Å². The van der Waals surface area contributed by atoms with Crippen LogP contribution in [0.5, 0.6) is 0 Å². The van der Waals surface area contributed by atoms with E-state index in [-0.39, 0.29) is 11.5 Å². The van der Waals surface area contributed by atoms with Crippen LogP contribution in [0.3, 0.4) is 0 Å². The van der Waals surface area contributed by atoms with Crippen LogP contribution in [0, 0.1) is 32.1 Å². The van der Waals surface area contributed by atoms with Gasteiger partial charge in [-0.25, -0.2) is 0 Å². The van der Waals surface area contributed by atoms with Gasteiger partial charge in [0.15, 0.2) is 0 Å². The van der Waals surface area contributed by atoms with Gasteiger partial charge in [0.25, 0.3) is 5.91 Å². The summed E-state index contributed by atoms with van der Waals surface area (Å²) in [5.41, 5.74) is 6.75. The Morgan fingerprint density at radius 3 is 2.29 bits per heavy atom. The van der Waals surface area contributed by atoms with Crippen molar-refractivity contribution in [2.45, 2.75) is 58.6 Å². The van der Waals surface area contributed by atoms with E-state index in [2.05, 4.69) is 42.6 Å². The average molecular weight is 524 g/mol. The molecule has 0 aromatic heterocycles. The zero-order valence-corrected chi connectivity index (χ0v) is 23.2. The van der Waals surface area contributed by atoms with E-state index in [0.29, 0.717) is 22.8 Å². The summed E-state index contributed by atoms with van der Waals surface area (Å²) < 4.78 is 0. The van der Waals surface area contributed by atoms with E-state index < -0.39 is 11.2 Å². The van der Waals surface area contributed by atoms with Crippen molar-refractivity contribution in [2.24, 2.45) is 0 Å². The number of nitrogens with one attached hydrogen (secondary N) is 1. The van der Waals surface area contributed by atoms with E-state index >= 15 is 0 Å². The van der Waals surface area contributed by atoms with Crippen LogP contribution < -0.4 is 10.2 Å². The number of hydrogen-bond donors (Lipinski definition) is 1. The van der Waals surface area contributed by atoms with Crippen molar-refractivity contribution in [1.29, 1.82) is 5.26 Å². The van der Waals surface area contributed by atoms with Gasteiger partial charge in [-0.15, -0.1) is 0 Å². The minimum Gasteiger partial charge on any atom is -0.321 e. The van der Waals surface area contributed by atoms with Crippen molar-refractivity contribution in [3.8, 4) is 6.07 Å². The third kappa shape index (κ3) is 6.17. The van der Waals surface area contributed by atoms with E-state index in [1.165, 1.54) is 17.3 Å². The Labute approximate surface area is 229 Å². The van der Waals surface area contributed by atoms with Crippen molar-refractivity contribution in [1.82, 2.24) is 0 Å². The van der Waals surface area contributed by atoms with Gasteiger partial charge in [0, 0.05) is 11.4 Å². The van der Waals surface area contributed by atoms with Crippen LogP contribution >= 0.6 is 11.8 Å². The summed E-state index contributed by atoms with van der Waals surface area (Å²) in [5.74, 6) is -0.652. The topological polar surface area (TPSA) is 73.2 Å². The number of rotatable bonds is 8. The van der Waals surface area contributed by atoms with Gasteiger partial charge >= 0.3 is 0 Å². The monoisotopic (exact) mass is 523 g/mol. The highest BCUT2D eigenvalue weighted by Gasteiger charge is 2.41. The zero-order valence-electron chi connectivity index (χ0n) is 22.4. The van der Waals surface area contributed by atoms with E-state index in [9.17, 15) is 14.9 Å². The van der Waals surface area contributed by atoms with Crippen molar-refractivity contribution >= 4 is 35.0 Å². The standard InChI is InChI=1S/C32H33N3O2S/c1-5-6-7-24-11-13-25(14-12-24)19-29-31(37)35(27-17-10-22(3)23(4)18-27)32(38-29)28(20-33)30(36)34-26-15-8-21(2)9-16-26/h8-18,29H,5-7,19H2,1-4H3,(H,34,36)/b32-28-. The molecule has 1 fully saturated rings. The SMILES string of the molecule is CCCCc1ccc(CC2S/C(=C(/C#N)C(=O)Nc3ccc(C)cc3)N(c3ccc(C)c(C)c3)C2=O)cc1. The Morgan fingerprint density at radius 2 is 1.66 bits per heavy atom. The summed E-state index contributed by atoms with van der Waals surface area (Å²) in [4.78, 5) is 28.6. The Kier molecular flexibility index (Phi) is 8.70. The molecule has 38 heavy (non-hydrogen) atoms. The first-order chi connectivity index (χ1) is 18.3. The third-order valence-electron chi connectivity index (χ3n) is 6.83. The average Bonchev–Trinajstić information content (AvgIpc) is 3.22. The molecule has 5 nitrogen and oxygen atoms in total. The summed E-state index contributed by atoms with van der Waals surface area (Å²) in [6.07, 6.45) is 3.86. The maximum absolute atomic E-state index is 13.8. The summed E-state index contributed by atoms with van der Waals surface area (Å²) in [6.45, 7) is 8.15. The van der Waals surface area contributed by atoms with Crippen molar-refractivity contribution in [3.63, 3.8) is 0 Å². The molecular weight excluding hydrogens is 490 g/mol. The number of amides is 2. The lowest BCUT2D eigenvalue weighted by molar-refractivity contribution is -0.117. The predicted octanol–water partition coefficient (Wildman–Crippen LogP) is 7.02. The Morgan fingerprint density at radius 1 is 0.974 bits per heavy atom. The van der Waals surface area contributed by atoms with Crippen LogP contribution in [0.15, 0.2) is 77.3 Å². The molecule has 6 heteroatoms. The van der Waals surface area contributed by atoms with Crippen LogP contribution in [-0.2, 0) is 22.4 Å². The second-order valence-electron chi connectivity index (χ2n) is 9.78. The van der Waals surface area contributed by atoms with E-state index in [1.54, 1.807) is 17.0 Å². The minimum atomic E-state index is -0.526. The number of aryl methyl sites for hydroxylation is 4. The first kappa shape index (κ1) is 27.2. The zero-order chi connectivity index (χ0) is 27.2. The summed E-state index contributed by atoms with van der Waals surface area (Å²) >= 11 is 1.29. The molecule has 0 aliphatic carbocycles. The van der Waals surface area contributed by atoms with Gasteiger partial charge in [-0.3, -0.25) is 14.5 Å². The Hall–Kier alpha value is -3.82. The number of unbranched alkanes of at least 4 members (excludes halogenated alkanes) is 1. The number of carbonyl (C=O) groups excluding carboxylic acids is 2. The molecule has 3 aromatic rings. The van der Waals surface area contributed by atoms with Gasteiger partial charge in [0.2, 0.25) is 5.91 Å². The molecule has 1 aliphatic rings. The molecular formula is C32H33N3O2S.